The number of primary amides is 1. The van der Waals surface area contributed by atoms with Crippen LogP contribution >= 0.6 is 0 Å². The molecular formula is C11H20N2O2. The minimum Gasteiger partial charge on any atom is -0.368 e. The molecule has 4 heteroatoms. The van der Waals surface area contributed by atoms with Gasteiger partial charge in [0.05, 0.1) is 6.54 Å². The fourth-order valence-corrected chi connectivity index (χ4v) is 2.36. The lowest BCUT2D eigenvalue weighted by atomic mass is 9.75. The fourth-order valence-electron chi connectivity index (χ4n) is 2.36. The molecule has 1 saturated carbocycles. The molecule has 0 aromatic carbocycles. The molecule has 15 heavy (non-hydrogen) atoms. The molecule has 0 saturated heterocycles. The van der Waals surface area contributed by atoms with E-state index in [1.165, 1.54) is 0 Å². The first-order valence-corrected chi connectivity index (χ1v) is 5.56. The zero-order valence-corrected chi connectivity index (χ0v) is 9.45. The van der Waals surface area contributed by atoms with Crippen molar-refractivity contribution in [2.45, 2.75) is 33.1 Å². The van der Waals surface area contributed by atoms with Gasteiger partial charge in [-0.3, -0.25) is 9.59 Å². The van der Waals surface area contributed by atoms with Crippen molar-refractivity contribution in [3.8, 4) is 0 Å². The van der Waals surface area contributed by atoms with Gasteiger partial charge in [-0.1, -0.05) is 13.8 Å². The second kappa shape index (κ2) is 5.14. The SMILES string of the molecule is CC1CCC(C(=O)NCC(N)=O)C(C)C1. The molecule has 0 spiro atoms. The summed E-state index contributed by atoms with van der Waals surface area (Å²) in [6.07, 6.45) is 3.11. The van der Waals surface area contributed by atoms with E-state index < -0.39 is 5.91 Å². The van der Waals surface area contributed by atoms with E-state index in [0.717, 1.165) is 19.3 Å². The Morgan fingerprint density at radius 3 is 2.53 bits per heavy atom. The Hall–Kier alpha value is -1.06. The average molecular weight is 212 g/mol. The summed E-state index contributed by atoms with van der Waals surface area (Å²) in [5, 5.41) is 2.58. The summed E-state index contributed by atoms with van der Waals surface area (Å²) < 4.78 is 0. The monoisotopic (exact) mass is 212 g/mol. The predicted octanol–water partition coefficient (Wildman–Crippen LogP) is 0.660. The maximum absolute atomic E-state index is 11.7. The summed E-state index contributed by atoms with van der Waals surface area (Å²) in [6, 6.07) is 0. The first kappa shape index (κ1) is 12.0. The van der Waals surface area contributed by atoms with Crippen LogP contribution in [0.4, 0.5) is 0 Å². The van der Waals surface area contributed by atoms with Gasteiger partial charge < -0.3 is 11.1 Å². The van der Waals surface area contributed by atoms with E-state index in [2.05, 4.69) is 19.2 Å². The Bertz CT molecular complexity index is 253. The number of rotatable bonds is 3. The Balaban J connectivity index is 2.42. The molecule has 2 amide bonds. The van der Waals surface area contributed by atoms with Crippen molar-refractivity contribution < 1.29 is 9.59 Å². The van der Waals surface area contributed by atoms with Crippen LogP contribution in [0, 0.1) is 17.8 Å². The van der Waals surface area contributed by atoms with Crippen molar-refractivity contribution in [3.63, 3.8) is 0 Å². The average Bonchev–Trinajstić information content (AvgIpc) is 2.14. The molecule has 0 bridgehead atoms. The van der Waals surface area contributed by atoms with Gasteiger partial charge in [0.2, 0.25) is 11.8 Å². The van der Waals surface area contributed by atoms with Crippen molar-refractivity contribution in [1.29, 1.82) is 0 Å². The van der Waals surface area contributed by atoms with Crippen LogP contribution in [0.5, 0.6) is 0 Å². The van der Waals surface area contributed by atoms with Crippen LogP contribution in [0.3, 0.4) is 0 Å². The largest absolute Gasteiger partial charge is 0.368 e. The highest BCUT2D eigenvalue weighted by molar-refractivity contribution is 5.85. The lowest BCUT2D eigenvalue weighted by Crippen LogP contribution is -2.40. The molecule has 3 atom stereocenters. The van der Waals surface area contributed by atoms with Gasteiger partial charge >= 0.3 is 0 Å². The molecule has 1 aliphatic rings. The van der Waals surface area contributed by atoms with E-state index in [4.69, 9.17) is 5.73 Å². The molecule has 86 valence electrons. The Labute approximate surface area is 90.6 Å². The first-order chi connectivity index (χ1) is 7.00. The van der Waals surface area contributed by atoms with Crippen molar-refractivity contribution in [2.75, 3.05) is 6.54 Å². The number of hydrogen-bond acceptors (Lipinski definition) is 2. The fraction of sp³-hybridized carbons (Fsp3) is 0.818. The molecule has 3 N–H and O–H groups in total. The highest BCUT2D eigenvalue weighted by Crippen LogP contribution is 2.33. The van der Waals surface area contributed by atoms with E-state index in [9.17, 15) is 9.59 Å². The highest BCUT2D eigenvalue weighted by Gasteiger charge is 2.30. The van der Waals surface area contributed by atoms with Gasteiger partial charge in [-0.05, 0) is 31.1 Å². The van der Waals surface area contributed by atoms with Crippen LogP contribution in [-0.4, -0.2) is 18.4 Å². The Kier molecular flexibility index (Phi) is 4.12. The van der Waals surface area contributed by atoms with Gasteiger partial charge in [0, 0.05) is 5.92 Å². The van der Waals surface area contributed by atoms with Crippen LogP contribution in [-0.2, 0) is 9.59 Å². The number of nitrogens with one attached hydrogen (secondary N) is 1. The molecule has 4 nitrogen and oxygen atoms in total. The minimum atomic E-state index is -0.486. The molecule has 3 unspecified atom stereocenters. The summed E-state index contributed by atoms with van der Waals surface area (Å²) in [5.74, 6) is 0.663. The zero-order chi connectivity index (χ0) is 11.4. The summed E-state index contributed by atoms with van der Waals surface area (Å²) in [4.78, 5) is 22.2. The summed E-state index contributed by atoms with van der Waals surface area (Å²) in [6.45, 7) is 4.27. The molecule has 0 heterocycles. The second-order valence-corrected chi connectivity index (χ2v) is 4.69. The summed E-state index contributed by atoms with van der Waals surface area (Å²) >= 11 is 0. The molecule has 1 aliphatic carbocycles. The molecule has 0 aromatic rings. The Morgan fingerprint density at radius 2 is 2.00 bits per heavy atom. The number of carbonyl (C=O) groups excluding carboxylic acids is 2. The lowest BCUT2D eigenvalue weighted by Gasteiger charge is -2.31. The van der Waals surface area contributed by atoms with Crippen LogP contribution in [0.25, 0.3) is 0 Å². The van der Waals surface area contributed by atoms with Crippen LogP contribution in [0.1, 0.15) is 33.1 Å². The summed E-state index contributed by atoms with van der Waals surface area (Å²) in [5.41, 5.74) is 4.97. The van der Waals surface area contributed by atoms with E-state index in [1.807, 2.05) is 0 Å². The third-order valence-electron chi connectivity index (χ3n) is 3.21. The van der Waals surface area contributed by atoms with E-state index in [1.54, 1.807) is 0 Å². The van der Waals surface area contributed by atoms with Crippen LogP contribution in [0.15, 0.2) is 0 Å². The van der Waals surface area contributed by atoms with Crippen LogP contribution in [0.2, 0.25) is 0 Å². The molecule has 1 fully saturated rings. The quantitative estimate of drug-likeness (QED) is 0.721. The van der Waals surface area contributed by atoms with Gasteiger partial charge in [0.25, 0.3) is 0 Å². The summed E-state index contributed by atoms with van der Waals surface area (Å²) in [7, 11) is 0. The molecule has 0 radical (unpaired) electrons. The third kappa shape index (κ3) is 3.53. The van der Waals surface area contributed by atoms with E-state index in [0.29, 0.717) is 11.8 Å². The number of carbonyl (C=O) groups is 2. The van der Waals surface area contributed by atoms with Crippen molar-refractivity contribution in [3.05, 3.63) is 0 Å². The molecule has 1 rings (SSSR count). The second-order valence-electron chi connectivity index (χ2n) is 4.69. The topological polar surface area (TPSA) is 72.2 Å². The predicted molar refractivity (Wildman–Crippen MR) is 57.9 cm³/mol. The number of amides is 2. The first-order valence-electron chi connectivity index (χ1n) is 5.56. The van der Waals surface area contributed by atoms with Gasteiger partial charge in [-0.15, -0.1) is 0 Å². The van der Waals surface area contributed by atoms with E-state index >= 15 is 0 Å². The van der Waals surface area contributed by atoms with Gasteiger partial charge in [0.15, 0.2) is 0 Å². The third-order valence-corrected chi connectivity index (χ3v) is 3.21. The number of hydrogen-bond donors (Lipinski definition) is 2. The number of nitrogens with two attached hydrogens (primary N) is 1. The highest BCUT2D eigenvalue weighted by atomic mass is 16.2. The van der Waals surface area contributed by atoms with Gasteiger partial charge in [0.1, 0.15) is 0 Å². The maximum Gasteiger partial charge on any atom is 0.236 e. The smallest absolute Gasteiger partial charge is 0.236 e. The van der Waals surface area contributed by atoms with Crippen molar-refractivity contribution in [1.82, 2.24) is 5.32 Å². The van der Waals surface area contributed by atoms with Gasteiger partial charge in [-0.25, -0.2) is 0 Å². The Morgan fingerprint density at radius 1 is 1.33 bits per heavy atom. The molecular weight excluding hydrogens is 192 g/mol. The molecule has 0 aromatic heterocycles. The normalized spacial score (nSPS) is 30.9. The standard InChI is InChI=1S/C11H20N2O2/c1-7-3-4-9(8(2)5-7)11(15)13-6-10(12)14/h7-9H,3-6H2,1-2H3,(H2,12,14)(H,13,15). The molecule has 0 aliphatic heterocycles. The minimum absolute atomic E-state index is 0.0202. The van der Waals surface area contributed by atoms with E-state index in [-0.39, 0.29) is 18.4 Å². The zero-order valence-electron chi connectivity index (χ0n) is 9.45. The van der Waals surface area contributed by atoms with Crippen molar-refractivity contribution >= 4 is 11.8 Å². The maximum atomic E-state index is 11.7. The van der Waals surface area contributed by atoms with Crippen molar-refractivity contribution in [2.24, 2.45) is 23.5 Å². The lowest BCUT2D eigenvalue weighted by molar-refractivity contribution is -0.130. The van der Waals surface area contributed by atoms with Crippen LogP contribution < -0.4 is 11.1 Å². The van der Waals surface area contributed by atoms with Gasteiger partial charge in [-0.2, -0.15) is 0 Å².